The van der Waals surface area contributed by atoms with Gasteiger partial charge < -0.3 is 0 Å². The largest absolute Gasteiger partial charge is 0.247 e. The lowest BCUT2D eigenvalue weighted by atomic mass is 10.2. The molecule has 1 aliphatic heterocycles. The first kappa shape index (κ1) is 18.4. The van der Waals surface area contributed by atoms with Crippen LogP contribution in [0.3, 0.4) is 0 Å². The zero-order chi connectivity index (χ0) is 19.2. The van der Waals surface area contributed by atoms with Crippen LogP contribution in [0.5, 0.6) is 0 Å². The highest BCUT2D eigenvalue weighted by molar-refractivity contribution is 7.44. The van der Waals surface area contributed by atoms with Gasteiger partial charge in [0.15, 0.2) is 0 Å². The SMILES string of the molecule is Cl[Si]1(c2ccccc2)C2=CCCC=C2[Si](Cl)(c2ccccc2)C2=CCCC=C21. The van der Waals surface area contributed by atoms with Crippen LogP contribution < -0.4 is 10.4 Å². The Bertz CT molecular complexity index is 907. The topological polar surface area (TPSA) is 0 Å². The Morgan fingerprint density at radius 2 is 0.750 bits per heavy atom. The number of fused-ring (bicyclic) bond motifs is 2. The first-order chi connectivity index (χ1) is 13.7. The van der Waals surface area contributed by atoms with E-state index in [0.717, 1.165) is 25.7 Å². The van der Waals surface area contributed by atoms with E-state index in [1.807, 2.05) is 0 Å². The Labute approximate surface area is 178 Å². The molecule has 2 aromatic carbocycles. The molecular formula is C24H22Cl2Si2. The molecule has 28 heavy (non-hydrogen) atoms. The lowest BCUT2D eigenvalue weighted by molar-refractivity contribution is 1.01. The summed E-state index contributed by atoms with van der Waals surface area (Å²) < 4.78 is 0. The van der Waals surface area contributed by atoms with Crippen LogP contribution in [0.4, 0.5) is 0 Å². The minimum atomic E-state index is -2.55. The van der Waals surface area contributed by atoms with Crippen LogP contribution in [-0.2, 0) is 0 Å². The van der Waals surface area contributed by atoms with Crippen molar-refractivity contribution < 1.29 is 0 Å². The molecule has 1 heterocycles. The highest BCUT2D eigenvalue weighted by atomic mass is 35.6. The third kappa shape index (κ3) is 2.55. The smallest absolute Gasteiger partial charge is 0.149 e. The fourth-order valence-corrected chi connectivity index (χ4v) is 17.7. The van der Waals surface area contributed by atoms with Gasteiger partial charge in [-0.2, -0.15) is 0 Å². The third-order valence-electron chi connectivity index (χ3n) is 6.14. The molecule has 0 nitrogen and oxygen atoms in total. The van der Waals surface area contributed by atoms with Gasteiger partial charge in [0.25, 0.3) is 0 Å². The Balaban J connectivity index is 1.82. The fourth-order valence-electron chi connectivity index (χ4n) is 4.90. The van der Waals surface area contributed by atoms with E-state index in [0.29, 0.717) is 0 Å². The van der Waals surface area contributed by atoms with E-state index >= 15 is 0 Å². The zero-order valence-electron chi connectivity index (χ0n) is 15.7. The minimum Gasteiger partial charge on any atom is -0.149 e. The summed E-state index contributed by atoms with van der Waals surface area (Å²) >= 11 is 15.5. The van der Waals surface area contributed by atoms with E-state index in [1.165, 1.54) is 31.2 Å². The molecule has 2 aromatic rings. The van der Waals surface area contributed by atoms with Gasteiger partial charge >= 0.3 is 0 Å². The summed E-state index contributed by atoms with van der Waals surface area (Å²) in [5.41, 5.74) is 0. The van der Waals surface area contributed by atoms with Crippen molar-refractivity contribution in [2.24, 2.45) is 0 Å². The van der Waals surface area contributed by atoms with Gasteiger partial charge in [0, 0.05) is 0 Å². The number of hydrogen-bond donors (Lipinski definition) is 0. The van der Waals surface area contributed by atoms with Gasteiger partial charge in [-0.25, -0.2) is 0 Å². The molecule has 4 heteroatoms. The molecule has 0 saturated carbocycles. The predicted octanol–water partition coefficient (Wildman–Crippen LogP) is 5.63. The number of halogens is 2. The van der Waals surface area contributed by atoms with Gasteiger partial charge in [-0.05, 0) is 56.8 Å². The van der Waals surface area contributed by atoms with Crippen LogP contribution >= 0.6 is 22.2 Å². The molecule has 0 unspecified atom stereocenters. The highest BCUT2D eigenvalue weighted by Gasteiger charge is 2.58. The monoisotopic (exact) mass is 436 g/mol. The standard InChI is InChI=1S/C24H22Cl2Si2/c25-27(19-11-3-1-4-12-19)21-15-7-9-17-23(21)28(26,20-13-5-2-6-14-20)24-18-10-8-16-22(24)27/h1-6,11-18H,7-10H2. The third-order valence-corrected chi connectivity index (χ3v) is 17.5. The Kier molecular flexibility index (Phi) is 4.63. The summed E-state index contributed by atoms with van der Waals surface area (Å²) in [4.78, 5) is 0. The molecule has 0 atom stereocenters. The number of rotatable bonds is 2. The second-order valence-electron chi connectivity index (χ2n) is 7.67. The predicted molar refractivity (Wildman–Crippen MR) is 126 cm³/mol. The second kappa shape index (κ2) is 7.03. The summed E-state index contributed by atoms with van der Waals surface area (Å²) in [6, 6.07) is 21.5. The fraction of sp³-hybridized carbons (Fsp3) is 0.167. The molecule has 0 aromatic heterocycles. The summed E-state index contributed by atoms with van der Waals surface area (Å²) in [6.45, 7) is 0. The van der Waals surface area contributed by atoms with Gasteiger partial charge in [-0.1, -0.05) is 85.0 Å². The maximum atomic E-state index is 7.75. The van der Waals surface area contributed by atoms with Crippen LogP contribution in [-0.4, -0.2) is 14.8 Å². The van der Waals surface area contributed by atoms with Gasteiger partial charge in [-0.3, -0.25) is 0 Å². The molecule has 2 aliphatic carbocycles. The van der Waals surface area contributed by atoms with Gasteiger partial charge in [0.1, 0.15) is 0 Å². The molecule has 1 fully saturated rings. The van der Waals surface area contributed by atoms with Crippen molar-refractivity contribution in [3.05, 3.63) is 106 Å². The van der Waals surface area contributed by atoms with Crippen molar-refractivity contribution in [2.75, 3.05) is 0 Å². The summed E-state index contributed by atoms with van der Waals surface area (Å²) in [5, 5.41) is 7.95. The molecule has 1 saturated heterocycles. The van der Waals surface area contributed by atoms with Crippen LogP contribution in [0, 0.1) is 0 Å². The number of allylic oxidation sites excluding steroid dienone is 8. The molecule has 0 amide bonds. The molecule has 0 spiro atoms. The van der Waals surface area contributed by atoms with Crippen molar-refractivity contribution in [1.82, 2.24) is 0 Å². The summed E-state index contributed by atoms with van der Waals surface area (Å²) in [5.74, 6) is 0. The Morgan fingerprint density at radius 1 is 0.464 bits per heavy atom. The first-order valence-electron chi connectivity index (χ1n) is 9.99. The minimum absolute atomic E-state index is 1.05. The molecule has 140 valence electrons. The Hall–Kier alpha value is -1.59. The highest BCUT2D eigenvalue weighted by Crippen LogP contribution is 2.52. The van der Waals surface area contributed by atoms with Crippen molar-refractivity contribution in [3.8, 4) is 0 Å². The van der Waals surface area contributed by atoms with E-state index in [1.54, 1.807) is 0 Å². The maximum Gasteiger partial charge on any atom is 0.247 e. The van der Waals surface area contributed by atoms with Crippen LogP contribution in [0.15, 0.2) is 106 Å². The van der Waals surface area contributed by atoms with Crippen molar-refractivity contribution in [1.29, 1.82) is 0 Å². The molecule has 0 radical (unpaired) electrons. The van der Waals surface area contributed by atoms with E-state index < -0.39 is 14.8 Å². The summed E-state index contributed by atoms with van der Waals surface area (Å²) in [6.07, 6.45) is 13.8. The first-order valence-corrected chi connectivity index (χ1v) is 16.0. The van der Waals surface area contributed by atoms with Crippen LogP contribution in [0.1, 0.15) is 25.7 Å². The van der Waals surface area contributed by atoms with Crippen LogP contribution in [0.2, 0.25) is 0 Å². The number of benzene rings is 2. The average molecular weight is 438 g/mol. The second-order valence-corrected chi connectivity index (χ2v) is 17.0. The van der Waals surface area contributed by atoms with Gasteiger partial charge in [0.05, 0.1) is 0 Å². The quantitative estimate of drug-likeness (QED) is 0.422. The number of hydrogen-bond acceptors (Lipinski definition) is 0. The molecule has 0 N–H and O–H groups in total. The van der Waals surface area contributed by atoms with E-state index in [-0.39, 0.29) is 0 Å². The zero-order valence-corrected chi connectivity index (χ0v) is 19.2. The Morgan fingerprint density at radius 3 is 1.04 bits per heavy atom. The van der Waals surface area contributed by atoms with Crippen molar-refractivity contribution in [3.63, 3.8) is 0 Å². The van der Waals surface area contributed by atoms with E-state index in [2.05, 4.69) is 85.0 Å². The van der Waals surface area contributed by atoms with Gasteiger partial charge in [0.2, 0.25) is 14.8 Å². The molecular weight excluding hydrogens is 415 g/mol. The molecule has 5 rings (SSSR count). The lowest BCUT2D eigenvalue weighted by Gasteiger charge is -2.48. The van der Waals surface area contributed by atoms with E-state index in [9.17, 15) is 0 Å². The average Bonchev–Trinajstić information content (AvgIpc) is 2.79. The molecule has 3 aliphatic rings. The lowest BCUT2D eigenvalue weighted by Crippen LogP contribution is -2.62. The normalized spacial score (nSPS) is 28.9. The summed E-state index contributed by atoms with van der Waals surface area (Å²) in [7, 11) is -5.10. The van der Waals surface area contributed by atoms with Crippen molar-refractivity contribution >= 4 is 47.3 Å². The molecule has 0 bridgehead atoms. The van der Waals surface area contributed by atoms with Crippen LogP contribution in [0.25, 0.3) is 0 Å². The van der Waals surface area contributed by atoms with Gasteiger partial charge in [-0.15, -0.1) is 22.2 Å². The maximum absolute atomic E-state index is 7.75. The van der Waals surface area contributed by atoms with E-state index in [4.69, 9.17) is 22.2 Å². The van der Waals surface area contributed by atoms with Crippen molar-refractivity contribution in [2.45, 2.75) is 25.7 Å².